The van der Waals surface area contributed by atoms with Crippen molar-refractivity contribution in [3.05, 3.63) is 0 Å². The largest absolute Gasteiger partial charge is 0.342 e. The van der Waals surface area contributed by atoms with E-state index in [0.717, 1.165) is 26.2 Å². The second kappa shape index (κ2) is 7.85. The van der Waals surface area contributed by atoms with Crippen LogP contribution in [0.15, 0.2) is 0 Å². The van der Waals surface area contributed by atoms with Crippen molar-refractivity contribution in [2.24, 2.45) is 0 Å². The van der Waals surface area contributed by atoms with E-state index in [2.05, 4.69) is 22.2 Å². The summed E-state index contributed by atoms with van der Waals surface area (Å²) in [4.78, 5) is 16.7. The number of likely N-dealkylation sites (N-methyl/N-ethyl adjacent to an activating group) is 1. The zero-order valence-corrected chi connectivity index (χ0v) is 12.4. The summed E-state index contributed by atoms with van der Waals surface area (Å²) in [6.45, 7) is 4.72. The Morgan fingerprint density at radius 1 is 1.11 bits per heavy atom. The molecule has 0 atom stereocenters. The number of nitrogens with zero attached hydrogens (tertiary/aromatic N) is 2. The van der Waals surface area contributed by atoms with E-state index in [1.165, 1.54) is 44.9 Å². The number of carbonyl (C=O) groups is 1. The van der Waals surface area contributed by atoms with Crippen LogP contribution in [0.5, 0.6) is 0 Å². The SMILES string of the molecule is CN(CC(=O)N1CCCCCCC1)C1CCNCC1. The third-order valence-electron chi connectivity index (χ3n) is 4.53. The first-order valence-corrected chi connectivity index (χ1v) is 7.96. The zero-order valence-electron chi connectivity index (χ0n) is 12.4. The van der Waals surface area contributed by atoms with E-state index in [4.69, 9.17) is 0 Å². The molecule has 0 aromatic heterocycles. The Bertz CT molecular complexity index is 269. The maximum atomic E-state index is 12.4. The van der Waals surface area contributed by atoms with Gasteiger partial charge in [0.15, 0.2) is 0 Å². The van der Waals surface area contributed by atoms with Gasteiger partial charge in [0.05, 0.1) is 6.54 Å². The van der Waals surface area contributed by atoms with Gasteiger partial charge in [0.25, 0.3) is 0 Å². The van der Waals surface area contributed by atoms with Crippen LogP contribution >= 0.6 is 0 Å². The van der Waals surface area contributed by atoms with Gasteiger partial charge in [0.1, 0.15) is 0 Å². The van der Waals surface area contributed by atoms with E-state index in [0.29, 0.717) is 18.5 Å². The Morgan fingerprint density at radius 2 is 1.68 bits per heavy atom. The lowest BCUT2D eigenvalue weighted by atomic mass is 10.1. The molecular weight excluding hydrogens is 238 g/mol. The van der Waals surface area contributed by atoms with Crippen LogP contribution in [0.1, 0.15) is 44.9 Å². The van der Waals surface area contributed by atoms with Gasteiger partial charge in [-0.05, 0) is 45.8 Å². The predicted octanol–water partition coefficient (Wildman–Crippen LogP) is 1.46. The van der Waals surface area contributed by atoms with E-state index in [1.807, 2.05) is 0 Å². The highest BCUT2D eigenvalue weighted by molar-refractivity contribution is 5.78. The van der Waals surface area contributed by atoms with Crippen LogP contribution in [0.3, 0.4) is 0 Å². The van der Waals surface area contributed by atoms with Crippen LogP contribution in [0.25, 0.3) is 0 Å². The van der Waals surface area contributed by atoms with Crippen molar-refractivity contribution in [2.45, 2.75) is 51.0 Å². The molecule has 0 bridgehead atoms. The fourth-order valence-corrected chi connectivity index (χ4v) is 3.19. The second-order valence-corrected chi connectivity index (χ2v) is 6.04. The summed E-state index contributed by atoms with van der Waals surface area (Å²) in [5.74, 6) is 0.336. The first-order chi connectivity index (χ1) is 9.27. The van der Waals surface area contributed by atoms with Crippen molar-refractivity contribution in [1.82, 2.24) is 15.1 Å². The summed E-state index contributed by atoms with van der Waals surface area (Å²) in [5, 5.41) is 3.38. The molecule has 4 nitrogen and oxygen atoms in total. The highest BCUT2D eigenvalue weighted by atomic mass is 16.2. The fraction of sp³-hybridized carbons (Fsp3) is 0.933. The molecule has 2 aliphatic rings. The molecule has 2 fully saturated rings. The van der Waals surface area contributed by atoms with Crippen LogP contribution in [-0.2, 0) is 4.79 Å². The number of carbonyl (C=O) groups excluding carboxylic acids is 1. The molecule has 0 spiro atoms. The van der Waals surface area contributed by atoms with Crippen molar-refractivity contribution in [3.63, 3.8) is 0 Å². The van der Waals surface area contributed by atoms with E-state index in [9.17, 15) is 4.79 Å². The molecule has 0 aromatic carbocycles. The normalized spacial score (nSPS) is 23.2. The van der Waals surface area contributed by atoms with Gasteiger partial charge in [-0.1, -0.05) is 19.3 Å². The number of nitrogens with one attached hydrogen (secondary N) is 1. The van der Waals surface area contributed by atoms with Gasteiger partial charge >= 0.3 is 0 Å². The highest BCUT2D eigenvalue weighted by Gasteiger charge is 2.22. The molecule has 0 radical (unpaired) electrons. The summed E-state index contributed by atoms with van der Waals surface area (Å²) in [6.07, 6.45) is 8.62. The van der Waals surface area contributed by atoms with Gasteiger partial charge in [-0.15, -0.1) is 0 Å². The summed E-state index contributed by atoms with van der Waals surface area (Å²) in [5.41, 5.74) is 0. The average Bonchev–Trinajstić information content (AvgIpc) is 2.39. The van der Waals surface area contributed by atoms with Crippen molar-refractivity contribution < 1.29 is 4.79 Å². The van der Waals surface area contributed by atoms with Crippen LogP contribution in [0.2, 0.25) is 0 Å². The maximum absolute atomic E-state index is 12.4. The number of hydrogen-bond acceptors (Lipinski definition) is 3. The molecule has 110 valence electrons. The number of likely N-dealkylation sites (tertiary alicyclic amines) is 1. The monoisotopic (exact) mass is 267 g/mol. The van der Waals surface area contributed by atoms with Crippen LogP contribution in [0.4, 0.5) is 0 Å². The minimum absolute atomic E-state index is 0.336. The lowest BCUT2D eigenvalue weighted by Gasteiger charge is -2.33. The Balaban J connectivity index is 1.77. The lowest BCUT2D eigenvalue weighted by Crippen LogP contribution is -2.46. The molecule has 2 saturated heterocycles. The van der Waals surface area contributed by atoms with Gasteiger partial charge < -0.3 is 10.2 Å². The third-order valence-corrected chi connectivity index (χ3v) is 4.53. The molecule has 0 aromatic rings. The molecule has 2 rings (SSSR count). The van der Waals surface area contributed by atoms with E-state index in [1.54, 1.807) is 0 Å². The number of amides is 1. The Kier molecular flexibility index (Phi) is 6.11. The van der Waals surface area contributed by atoms with Crippen molar-refractivity contribution in [3.8, 4) is 0 Å². The van der Waals surface area contributed by atoms with Crippen LogP contribution in [0, 0.1) is 0 Å². The van der Waals surface area contributed by atoms with Crippen molar-refractivity contribution >= 4 is 5.91 Å². The Morgan fingerprint density at radius 3 is 2.32 bits per heavy atom. The second-order valence-electron chi connectivity index (χ2n) is 6.04. The Hall–Kier alpha value is -0.610. The molecular formula is C15H29N3O. The molecule has 0 saturated carbocycles. The molecule has 4 heteroatoms. The summed E-state index contributed by atoms with van der Waals surface area (Å²) in [6, 6.07) is 0.583. The number of hydrogen-bond donors (Lipinski definition) is 1. The smallest absolute Gasteiger partial charge is 0.236 e. The topological polar surface area (TPSA) is 35.6 Å². The molecule has 1 N–H and O–H groups in total. The minimum Gasteiger partial charge on any atom is -0.342 e. The maximum Gasteiger partial charge on any atom is 0.236 e. The fourth-order valence-electron chi connectivity index (χ4n) is 3.19. The van der Waals surface area contributed by atoms with E-state index >= 15 is 0 Å². The van der Waals surface area contributed by atoms with Gasteiger partial charge in [0.2, 0.25) is 5.91 Å². The predicted molar refractivity (Wildman–Crippen MR) is 78.2 cm³/mol. The lowest BCUT2D eigenvalue weighted by molar-refractivity contribution is -0.133. The summed E-state index contributed by atoms with van der Waals surface area (Å²) >= 11 is 0. The average molecular weight is 267 g/mol. The highest BCUT2D eigenvalue weighted by Crippen LogP contribution is 2.13. The first kappa shape index (κ1) is 14.8. The first-order valence-electron chi connectivity index (χ1n) is 7.96. The number of piperidine rings is 1. The standard InChI is InChI=1S/C15H29N3O/c1-17(14-7-9-16-10-8-14)13-15(19)18-11-5-3-2-4-6-12-18/h14,16H,2-13H2,1H3. The van der Waals surface area contributed by atoms with Gasteiger partial charge in [-0.2, -0.15) is 0 Å². The molecule has 1 amide bonds. The third kappa shape index (κ3) is 4.77. The van der Waals surface area contributed by atoms with Gasteiger partial charge in [0, 0.05) is 19.1 Å². The van der Waals surface area contributed by atoms with E-state index < -0.39 is 0 Å². The van der Waals surface area contributed by atoms with Gasteiger partial charge in [-0.25, -0.2) is 0 Å². The molecule has 0 aliphatic carbocycles. The summed E-state index contributed by atoms with van der Waals surface area (Å²) < 4.78 is 0. The quantitative estimate of drug-likeness (QED) is 0.841. The van der Waals surface area contributed by atoms with Gasteiger partial charge in [-0.3, -0.25) is 9.69 Å². The molecule has 2 aliphatic heterocycles. The van der Waals surface area contributed by atoms with E-state index in [-0.39, 0.29) is 0 Å². The molecule has 2 heterocycles. The zero-order chi connectivity index (χ0) is 13.5. The minimum atomic E-state index is 0.336. The number of rotatable bonds is 3. The Labute approximate surface area is 117 Å². The van der Waals surface area contributed by atoms with Crippen LogP contribution < -0.4 is 5.32 Å². The molecule has 19 heavy (non-hydrogen) atoms. The molecule has 0 unspecified atom stereocenters. The van der Waals surface area contributed by atoms with Crippen LogP contribution in [-0.4, -0.2) is 61.5 Å². The summed E-state index contributed by atoms with van der Waals surface area (Å²) in [7, 11) is 2.11. The van der Waals surface area contributed by atoms with Crippen molar-refractivity contribution in [1.29, 1.82) is 0 Å². The van der Waals surface area contributed by atoms with Crippen molar-refractivity contribution in [2.75, 3.05) is 39.8 Å².